The van der Waals surface area contributed by atoms with Crippen LogP contribution in [0.25, 0.3) is 10.9 Å². The van der Waals surface area contributed by atoms with E-state index in [4.69, 9.17) is 18.9 Å². The van der Waals surface area contributed by atoms with Gasteiger partial charge in [-0.3, -0.25) is 4.79 Å². The maximum absolute atomic E-state index is 15.1. The van der Waals surface area contributed by atoms with E-state index in [0.29, 0.717) is 15.8 Å². The summed E-state index contributed by atoms with van der Waals surface area (Å²) in [5, 5.41) is 1.93. The van der Waals surface area contributed by atoms with Gasteiger partial charge in [-0.25, -0.2) is 19.0 Å². The standard InChI is InChI=1S/C28H27FN2O7S/c1-17(29)23(37-27(34)19-12-8-5-9-13-19)21(14-36-26(33)18-10-6-4-7-11-18)38-28(2,35-3)24-22-20(15-39-24)25(32)31-16-30-22/h4-13,15-17,21,23H,14H2,1-3H3,(H,30,31,32)/t17-,21-,23+,28-/m1/s1. The van der Waals surface area contributed by atoms with E-state index in [2.05, 4.69) is 9.97 Å². The lowest BCUT2D eigenvalue weighted by molar-refractivity contribution is -0.266. The summed E-state index contributed by atoms with van der Waals surface area (Å²) in [6, 6.07) is 16.4. The highest BCUT2D eigenvalue weighted by atomic mass is 32.1. The maximum Gasteiger partial charge on any atom is 0.338 e. The molecular weight excluding hydrogens is 527 g/mol. The van der Waals surface area contributed by atoms with Crippen LogP contribution in [-0.2, 0) is 24.7 Å². The Balaban J connectivity index is 1.67. The van der Waals surface area contributed by atoms with E-state index in [1.807, 2.05) is 0 Å². The summed E-state index contributed by atoms with van der Waals surface area (Å²) in [5.41, 5.74) is 0.482. The molecule has 2 aromatic heterocycles. The molecule has 0 unspecified atom stereocenters. The molecule has 0 aliphatic carbocycles. The molecule has 0 amide bonds. The Morgan fingerprint density at radius 3 is 2.26 bits per heavy atom. The number of fused-ring (bicyclic) bond motifs is 1. The fraction of sp³-hybridized carbons (Fsp3) is 0.286. The van der Waals surface area contributed by atoms with E-state index in [-0.39, 0.29) is 16.7 Å². The van der Waals surface area contributed by atoms with Crippen LogP contribution < -0.4 is 5.56 Å². The fourth-order valence-corrected chi connectivity index (χ4v) is 5.00. The van der Waals surface area contributed by atoms with Gasteiger partial charge in [0.25, 0.3) is 5.56 Å². The molecule has 9 nitrogen and oxygen atoms in total. The number of ether oxygens (including phenoxy) is 4. The molecule has 2 heterocycles. The van der Waals surface area contributed by atoms with Crippen molar-refractivity contribution in [3.05, 3.63) is 98.7 Å². The number of rotatable bonds is 11. The second-order valence-electron chi connectivity index (χ2n) is 8.74. The number of H-pyrrole nitrogens is 1. The van der Waals surface area contributed by atoms with Crippen molar-refractivity contribution in [2.24, 2.45) is 0 Å². The molecule has 0 radical (unpaired) electrons. The lowest BCUT2D eigenvalue weighted by atomic mass is 10.1. The van der Waals surface area contributed by atoms with E-state index >= 15 is 4.39 Å². The topological polar surface area (TPSA) is 117 Å². The molecule has 4 rings (SSSR count). The van der Waals surface area contributed by atoms with Crippen LogP contribution in [0.5, 0.6) is 0 Å². The van der Waals surface area contributed by atoms with Gasteiger partial charge in [0.2, 0.25) is 5.79 Å². The Morgan fingerprint density at radius 2 is 1.67 bits per heavy atom. The number of methoxy groups -OCH3 is 1. The third kappa shape index (κ3) is 6.39. The summed E-state index contributed by atoms with van der Waals surface area (Å²) in [7, 11) is 1.37. The first-order chi connectivity index (χ1) is 18.7. The van der Waals surface area contributed by atoms with E-state index < -0.39 is 42.7 Å². The number of alkyl halides is 1. The van der Waals surface area contributed by atoms with Gasteiger partial charge in [0.1, 0.15) is 18.9 Å². The number of carbonyl (C=O) groups excluding carboxylic acids is 2. The second kappa shape index (κ2) is 12.3. The van der Waals surface area contributed by atoms with Crippen molar-refractivity contribution in [3.8, 4) is 0 Å². The first-order valence-electron chi connectivity index (χ1n) is 12.0. The van der Waals surface area contributed by atoms with Gasteiger partial charge in [0.15, 0.2) is 6.10 Å². The smallest absolute Gasteiger partial charge is 0.338 e. The normalized spacial score (nSPS) is 15.2. The number of carbonyl (C=O) groups is 2. The highest BCUT2D eigenvalue weighted by Gasteiger charge is 2.41. The first-order valence-corrected chi connectivity index (χ1v) is 12.9. The number of nitrogens with zero attached hydrogens (tertiary/aromatic N) is 1. The number of thiophene rings is 1. The van der Waals surface area contributed by atoms with Crippen LogP contribution in [0, 0.1) is 0 Å². The summed E-state index contributed by atoms with van der Waals surface area (Å²) in [6.45, 7) is 2.31. The lowest BCUT2D eigenvalue weighted by Crippen LogP contribution is -2.47. The van der Waals surface area contributed by atoms with Crippen LogP contribution in [0.3, 0.4) is 0 Å². The zero-order chi connectivity index (χ0) is 28.0. The van der Waals surface area contributed by atoms with Gasteiger partial charge in [0.05, 0.1) is 33.2 Å². The Morgan fingerprint density at radius 1 is 1.05 bits per heavy atom. The van der Waals surface area contributed by atoms with E-state index in [0.717, 1.165) is 11.3 Å². The molecule has 0 aliphatic rings. The van der Waals surface area contributed by atoms with Crippen molar-refractivity contribution >= 4 is 34.2 Å². The van der Waals surface area contributed by atoms with Gasteiger partial charge in [-0.05, 0) is 38.1 Å². The van der Waals surface area contributed by atoms with Crippen molar-refractivity contribution in [3.63, 3.8) is 0 Å². The van der Waals surface area contributed by atoms with Crippen LogP contribution in [0.15, 0.2) is 77.2 Å². The Hall–Kier alpha value is -3.93. The molecule has 0 saturated heterocycles. The zero-order valence-electron chi connectivity index (χ0n) is 21.5. The quantitative estimate of drug-likeness (QED) is 0.211. The Bertz CT molecular complexity index is 1480. The summed E-state index contributed by atoms with van der Waals surface area (Å²) in [4.78, 5) is 45.0. The van der Waals surface area contributed by atoms with Gasteiger partial charge in [0, 0.05) is 12.5 Å². The molecule has 2 aromatic carbocycles. The molecular formula is C28H27FN2O7S. The van der Waals surface area contributed by atoms with Gasteiger partial charge in [-0.1, -0.05) is 36.4 Å². The largest absolute Gasteiger partial charge is 0.459 e. The van der Waals surface area contributed by atoms with Crippen molar-refractivity contribution in [1.82, 2.24) is 9.97 Å². The monoisotopic (exact) mass is 554 g/mol. The molecule has 11 heteroatoms. The van der Waals surface area contributed by atoms with Gasteiger partial charge in [-0.15, -0.1) is 11.3 Å². The first kappa shape index (κ1) is 28.1. The fourth-order valence-electron chi connectivity index (χ4n) is 3.92. The van der Waals surface area contributed by atoms with Crippen molar-refractivity contribution in [2.45, 2.75) is 38.0 Å². The average molecular weight is 555 g/mol. The molecule has 0 aliphatic heterocycles. The summed E-state index contributed by atoms with van der Waals surface area (Å²) in [6.07, 6.45) is -3.27. The number of hydrogen-bond donors (Lipinski definition) is 1. The average Bonchev–Trinajstić information content (AvgIpc) is 3.41. The molecule has 1 N–H and O–H groups in total. The Labute approximate surface area is 227 Å². The van der Waals surface area contributed by atoms with Crippen LogP contribution >= 0.6 is 11.3 Å². The number of hydrogen-bond acceptors (Lipinski definition) is 9. The molecule has 0 spiro atoms. The van der Waals surface area contributed by atoms with E-state index in [1.165, 1.54) is 32.5 Å². The summed E-state index contributed by atoms with van der Waals surface area (Å²) >= 11 is 1.16. The van der Waals surface area contributed by atoms with E-state index in [1.54, 1.807) is 60.8 Å². The number of nitrogens with one attached hydrogen (secondary N) is 1. The number of aromatic nitrogens is 2. The number of benzene rings is 2. The van der Waals surface area contributed by atoms with Gasteiger partial charge < -0.3 is 23.9 Å². The minimum absolute atomic E-state index is 0.213. The van der Waals surface area contributed by atoms with Crippen LogP contribution in [0.2, 0.25) is 0 Å². The lowest BCUT2D eigenvalue weighted by Gasteiger charge is -2.35. The second-order valence-corrected chi connectivity index (χ2v) is 9.62. The molecule has 0 fully saturated rings. The van der Waals surface area contributed by atoms with Crippen molar-refractivity contribution in [2.75, 3.05) is 13.7 Å². The zero-order valence-corrected chi connectivity index (χ0v) is 22.3. The Kier molecular flexibility index (Phi) is 8.85. The molecule has 4 aromatic rings. The summed E-state index contributed by atoms with van der Waals surface area (Å²) in [5.74, 6) is -3.02. The molecule has 4 atom stereocenters. The predicted molar refractivity (Wildman–Crippen MR) is 142 cm³/mol. The van der Waals surface area contributed by atoms with Crippen LogP contribution in [0.1, 0.15) is 39.4 Å². The third-order valence-corrected chi connectivity index (χ3v) is 7.19. The minimum atomic E-state index is -1.72. The van der Waals surface area contributed by atoms with Crippen molar-refractivity contribution < 1.29 is 32.9 Å². The van der Waals surface area contributed by atoms with Crippen LogP contribution in [0.4, 0.5) is 4.39 Å². The van der Waals surface area contributed by atoms with Gasteiger partial charge >= 0.3 is 11.9 Å². The number of aromatic amines is 1. The highest BCUT2D eigenvalue weighted by molar-refractivity contribution is 7.11. The molecule has 0 bridgehead atoms. The predicted octanol–water partition coefficient (Wildman–Crippen LogP) is 4.63. The van der Waals surface area contributed by atoms with Gasteiger partial charge in [-0.2, -0.15) is 0 Å². The summed E-state index contributed by atoms with van der Waals surface area (Å²) < 4.78 is 38.1. The minimum Gasteiger partial charge on any atom is -0.459 e. The number of halogens is 1. The molecule has 39 heavy (non-hydrogen) atoms. The SMILES string of the molecule is CO[C@](C)(O[C@H](COC(=O)c1ccccc1)[C@@H](OC(=O)c1ccccc1)[C@@H](C)F)c1scc2c(=O)[nH]cnc12. The van der Waals surface area contributed by atoms with E-state index in [9.17, 15) is 14.4 Å². The van der Waals surface area contributed by atoms with Crippen molar-refractivity contribution in [1.29, 1.82) is 0 Å². The molecule has 204 valence electrons. The third-order valence-electron chi connectivity index (χ3n) is 6.04. The maximum atomic E-state index is 15.1. The molecule has 0 saturated carbocycles. The highest BCUT2D eigenvalue weighted by Crippen LogP contribution is 2.37. The van der Waals surface area contributed by atoms with Crippen LogP contribution in [-0.4, -0.2) is 54.0 Å². The number of esters is 2.